The second-order valence-corrected chi connectivity index (χ2v) is 8.86. The van der Waals surface area contributed by atoms with Crippen LogP contribution in [0, 0.1) is 12.7 Å². The van der Waals surface area contributed by atoms with E-state index in [0.29, 0.717) is 27.3 Å². The van der Waals surface area contributed by atoms with Gasteiger partial charge in [-0.1, -0.05) is 23.4 Å². The number of anilines is 1. The van der Waals surface area contributed by atoms with Crippen LogP contribution in [0.15, 0.2) is 29.4 Å². The number of hydrogen-bond donors (Lipinski definition) is 1. The zero-order chi connectivity index (χ0) is 22.5. The molecule has 0 saturated carbocycles. The molecule has 0 radical (unpaired) electrons. The van der Waals surface area contributed by atoms with Gasteiger partial charge >= 0.3 is 5.97 Å². The number of aromatic nitrogens is 3. The van der Waals surface area contributed by atoms with Crippen LogP contribution in [0.1, 0.15) is 21.1 Å². The summed E-state index contributed by atoms with van der Waals surface area (Å²) >= 11 is 8.43. The van der Waals surface area contributed by atoms with Crippen molar-refractivity contribution in [2.75, 3.05) is 18.2 Å². The van der Waals surface area contributed by atoms with Gasteiger partial charge in [0.05, 0.1) is 23.4 Å². The van der Waals surface area contributed by atoms with Crippen LogP contribution in [0.2, 0.25) is 5.02 Å². The van der Waals surface area contributed by atoms with Gasteiger partial charge < -0.3 is 19.4 Å². The molecular weight excluding hydrogens is 467 g/mol. The first kappa shape index (κ1) is 23.0. The topological polar surface area (TPSA) is 95.3 Å². The van der Waals surface area contributed by atoms with E-state index in [4.69, 9.17) is 21.1 Å². The zero-order valence-electron chi connectivity index (χ0n) is 16.8. The van der Waals surface area contributed by atoms with Gasteiger partial charge in [0.2, 0.25) is 5.91 Å². The Morgan fingerprint density at radius 2 is 2.10 bits per heavy atom. The number of esters is 1. The molecule has 0 aliphatic rings. The van der Waals surface area contributed by atoms with Crippen LogP contribution in [0.4, 0.5) is 9.39 Å². The molecule has 12 heteroatoms. The predicted octanol–water partition coefficient (Wildman–Crippen LogP) is 4.07. The molecule has 1 amide bonds. The fraction of sp³-hybridized carbons (Fsp3) is 0.263. The van der Waals surface area contributed by atoms with Crippen molar-refractivity contribution in [1.82, 2.24) is 14.8 Å². The van der Waals surface area contributed by atoms with Gasteiger partial charge in [-0.2, -0.15) is 0 Å². The first-order valence-electron chi connectivity index (χ1n) is 8.86. The lowest BCUT2D eigenvalue weighted by atomic mass is 10.3. The number of nitrogens with one attached hydrogen (secondary N) is 1. The Kier molecular flexibility index (Phi) is 7.52. The minimum atomic E-state index is -0.508. The highest BCUT2D eigenvalue weighted by Gasteiger charge is 2.18. The number of amides is 1. The van der Waals surface area contributed by atoms with Gasteiger partial charge in [0.15, 0.2) is 11.0 Å². The number of carbonyl (C=O) groups is 2. The Bertz CT molecular complexity index is 1120. The van der Waals surface area contributed by atoms with E-state index in [1.165, 1.54) is 42.3 Å². The van der Waals surface area contributed by atoms with Crippen molar-refractivity contribution >= 4 is 51.6 Å². The number of rotatable bonds is 8. The molecule has 0 aliphatic carbocycles. The normalized spacial score (nSPS) is 10.7. The van der Waals surface area contributed by atoms with Gasteiger partial charge in [0.25, 0.3) is 0 Å². The summed E-state index contributed by atoms with van der Waals surface area (Å²) in [5.74, 6) is -0.363. The van der Waals surface area contributed by atoms with E-state index in [0.717, 1.165) is 10.9 Å². The average Bonchev–Trinajstić information content (AvgIpc) is 3.27. The average molecular weight is 485 g/mol. The van der Waals surface area contributed by atoms with E-state index < -0.39 is 11.8 Å². The van der Waals surface area contributed by atoms with Crippen LogP contribution in [0.5, 0.6) is 5.75 Å². The van der Waals surface area contributed by atoms with Gasteiger partial charge in [0, 0.05) is 11.9 Å². The second-order valence-electron chi connectivity index (χ2n) is 6.25. The molecule has 8 nitrogen and oxygen atoms in total. The first-order chi connectivity index (χ1) is 14.8. The molecular formula is C19H18ClFN4O4S2. The lowest BCUT2D eigenvalue weighted by Gasteiger charge is -2.08. The second kappa shape index (κ2) is 10.1. The summed E-state index contributed by atoms with van der Waals surface area (Å²) in [6, 6.07) is 5.51. The lowest BCUT2D eigenvalue weighted by molar-refractivity contribution is -0.113. The Morgan fingerprint density at radius 1 is 1.32 bits per heavy atom. The Balaban J connectivity index is 1.57. The summed E-state index contributed by atoms with van der Waals surface area (Å²) in [4.78, 5) is 25.0. The Morgan fingerprint density at radius 3 is 2.81 bits per heavy atom. The van der Waals surface area contributed by atoms with Crippen LogP contribution in [0.3, 0.4) is 0 Å². The molecule has 3 aromatic rings. The van der Waals surface area contributed by atoms with Crippen LogP contribution in [0.25, 0.3) is 0 Å². The molecule has 0 unspecified atom stereocenters. The van der Waals surface area contributed by atoms with Crippen molar-refractivity contribution in [3.05, 3.63) is 51.4 Å². The first-order valence-corrected chi connectivity index (χ1v) is 11.0. The van der Waals surface area contributed by atoms with E-state index in [9.17, 15) is 14.0 Å². The summed E-state index contributed by atoms with van der Waals surface area (Å²) in [5.41, 5.74) is 0.320. The molecule has 1 aromatic carbocycles. The van der Waals surface area contributed by atoms with E-state index in [1.54, 1.807) is 17.7 Å². The van der Waals surface area contributed by atoms with Crippen molar-refractivity contribution in [2.45, 2.75) is 18.7 Å². The lowest BCUT2D eigenvalue weighted by Crippen LogP contribution is -2.16. The number of methoxy groups -OCH3 is 1. The summed E-state index contributed by atoms with van der Waals surface area (Å²) in [6.45, 7) is 1.91. The number of hydrogen-bond acceptors (Lipinski definition) is 8. The van der Waals surface area contributed by atoms with Gasteiger partial charge in [0.1, 0.15) is 23.2 Å². The van der Waals surface area contributed by atoms with E-state index >= 15 is 0 Å². The SMILES string of the molecule is COC(=O)c1cc(C)sc1NC(=O)CSc1nnc(COc2ccc(F)cc2Cl)n1C. The van der Waals surface area contributed by atoms with E-state index in [1.807, 2.05) is 6.92 Å². The summed E-state index contributed by atoms with van der Waals surface area (Å²) in [6.07, 6.45) is 0. The fourth-order valence-corrected chi connectivity index (χ4v) is 4.36. The predicted molar refractivity (Wildman–Crippen MR) is 116 cm³/mol. The van der Waals surface area contributed by atoms with Crippen LogP contribution in [-0.4, -0.2) is 39.5 Å². The molecule has 31 heavy (non-hydrogen) atoms. The van der Waals surface area contributed by atoms with Crippen molar-refractivity contribution in [2.24, 2.45) is 7.05 Å². The molecule has 2 heterocycles. The molecule has 3 rings (SSSR count). The highest BCUT2D eigenvalue weighted by atomic mass is 35.5. The highest BCUT2D eigenvalue weighted by molar-refractivity contribution is 7.99. The fourth-order valence-electron chi connectivity index (χ4n) is 2.49. The molecule has 0 fully saturated rings. The third-order valence-electron chi connectivity index (χ3n) is 4.02. The number of halogens is 2. The number of aryl methyl sites for hydroxylation is 1. The molecule has 2 aromatic heterocycles. The van der Waals surface area contributed by atoms with Gasteiger partial charge in [-0.3, -0.25) is 4.79 Å². The van der Waals surface area contributed by atoms with Crippen molar-refractivity contribution < 1.29 is 23.5 Å². The minimum absolute atomic E-state index is 0.0637. The molecule has 0 atom stereocenters. The number of thioether (sulfide) groups is 1. The minimum Gasteiger partial charge on any atom is -0.484 e. The van der Waals surface area contributed by atoms with Crippen molar-refractivity contribution in [1.29, 1.82) is 0 Å². The molecule has 0 aliphatic heterocycles. The van der Waals surface area contributed by atoms with Gasteiger partial charge in [-0.05, 0) is 31.2 Å². The third-order valence-corrected chi connectivity index (χ3v) is 6.30. The molecule has 0 bridgehead atoms. The monoisotopic (exact) mass is 484 g/mol. The molecule has 0 saturated heterocycles. The number of benzene rings is 1. The third kappa shape index (κ3) is 5.75. The molecule has 164 valence electrons. The number of ether oxygens (including phenoxy) is 2. The Hall–Kier alpha value is -2.63. The van der Waals surface area contributed by atoms with E-state index in [2.05, 4.69) is 15.5 Å². The molecule has 0 spiro atoms. The number of thiophene rings is 1. The standard InChI is InChI=1S/C19H18ClFN4O4S2/c1-10-6-12(18(27)28-3)17(31-10)22-16(26)9-30-19-24-23-15(25(19)2)8-29-14-5-4-11(21)7-13(14)20/h4-7H,8-9H2,1-3H3,(H,22,26). The summed E-state index contributed by atoms with van der Waals surface area (Å²) in [5, 5.41) is 11.9. The van der Waals surface area contributed by atoms with Crippen molar-refractivity contribution in [3.8, 4) is 5.75 Å². The summed E-state index contributed by atoms with van der Waals surface area (Å²) < 4.78 is 25.1. The van der Waals surface area contributed by atoms with Crippen molar-refractivity contribution in [3.63, 3.8) is 0 Å². The highest BCUT2D eigenvalue weighted by Crippen LogP contribution is 2.29. The maximum atomic E-state index is 13.1. The number of nitrogens with zero attached hydrogens (tertiary/aromatic N) is 3. The maximum Gasteiger partial charge on any atom is 0.340 e. The quantitative estimate of drug-likeness (QED) is 0.380. The number of carbonyl (C=O) groups excluding carboxylic acids is 2. The zero-order valence-corrected chi connectivity index (χ0v) is 19.2. The van der Waals surface area contributed by atoms with E-state index in [-0.39, 0.29) is 23.3 Å². The van der Waals surface area contributed by atoms with Gasteiger partial charge in [-0.15, -0.1) is 21.5 Å². The molecule has 1 N–H and O–H groups in total. The maximum absolute atomic E-state index is 13.1. The smallest absolute Gasteiger partial charge is 0.340 e. The summed E-state index contributed by atoms with van der Waals surface area (Å²) in [7, 11) is 3.03. The van der Waals surface area contributed by atoms with Crippen LogP contribution in [-0.2, 0) is 23.2 Å². The largest absolute Gasteiger partial charge is 0.484 e. The van der Waals surface area contributed by atoms with Gasteiger partial charge in [-0.25, -0.2) is 9.18 Å². The van der Waals surface area contributed by atoms with Crippen LogP contribution < -0.4 is 10.1 Å². The Labute approximate surface area is 190 Å². The van der Waals surface area contributed by atoms with Crippen LogP contribution >= 0.6 is 34.7 Å².